The lowest BCUT2D eigenvalue weighted by molar-refractivity contribution is 0.177. The summed E-state index contributed by atoms with van der Waals surface area (Å²) in [4.78, 5) is 9.53. The number of primary amides is 1. The molecule has 0 aliphatic heterocycles. The van der Waals surface area contributed by atoms with Crippen LogP contribution in [-0.2, 0) is 4.74 Å². The van der Waals surface area contributed by atoms with Gasteiger partial charge in [-0.1, -0.05) is 0 Å². The Balaban J connectivity index is 2.83. The average molecular weight is 106 g/mol. The second-order valence-corrected chi connectivity index (χ2v) is 0.817. The van der Waals surface area contributed by atoms with Crippen molar-refractivity contribution >= 4 is 18.7 Å². The molecule has 0 atom stereocenters. The van der Waals surface area contributed by atoms with E-state index in [4.69, 9.17) is 0 Å². The molecule has 4 heteroatoms. The van der Waals surface area contributed by atoms with Crippen LogP contribution in [-0.4, -0.2) is 12.0 Å². The van der Waals surface area contributed by atoms with Crippen LogP contribution in [0.5, 0.6) is 0 Å². The van der Waals surface area contributed by atoms with E-state index in [2.05, 4.69) is 23.1 Å². The maximum absolute atomic E-state index is 9.53. The summed E-state index contributed by atoms with van der Waals surface area (Å²) in [5.74, 6) is -0.0602. The van der Waals surface area contributed by atoms with E-state index >= 15 is 0 Å². The molecule has 0 saturated carbocycles. The third-order valence-corrected chi connectivity index (χ3v) is 0.319. The molecule has 6 heavy (non-hydrogen) atoms. The van der Waals surface area contributed by atoms with Gasteiger partial charge in [-0.25, -0.2) is 4.79 Å². The van der Waals surface area contributed by atoms with Crippen LogP contribution in [0.15, 0.2) is 0 Å². The van der Waals surface area contributed by atoms with Gasteiger partial charge in [-0.2, -0.15) is 0 Å². The predicted octanol–water partition coefficient (Wildman–Crippen LogP) is 0.237. The van der Waals surface area contributed by atoms with Gasteiger partial charge in [-0.15, -0.1) is 0 Å². The molecule has 0 rings (SSSR count). The zero-order valence-corrected chi connectivity index (χ0v) is 3.83. The fraction of sp³-hybridized carbons (Fsp3) is 0.500. The maximum Gasteiger partial charge on any atom is 0.405 e. The molecule has 0 saturated heterocycles. The van der Waals surface area contributed by atoms with Crippen molar-refractivity contribution in [2.24, 2.45) is 5.73 Å². The minimum atomic E-state index is -0.815. The van der Waals surface area contributed by atoms with Crippen molar-refractivity contribution in [1.29, 1.82) is 0 Å². The maximum atomic E-state index is 9.53. The third kappa shape index (κ3) is 3.62. The Morgan fingerprint density at radius 2 is 2.50 bits per heavy atom. The molecular weight excluding hydrogens is 102 g/mol. The normalized spacial score (nSPS) is 7.50. The van der Waals surface area contributed by atoms with Gasteiger partial charge in [0, 0.05) is 0 Å². The van der Waals surface area contributed by atoms with Crippen molar-refractivity contribution in [3.63, 3.8) is 0 Å². The van der Waals surface area contributed by atoms with Crippen LogP contribution in [0.2, 0.25) is 0 Å². The first-order chi connectivity index (χ1) is 2.77. The molecule has 1 amide bonds. The van der Waals surface area contributed by atoms with Gasteiger partial charge in [0.2, 0.25) is 0 Å². The quantitative estimate of drug-likeness (QED) is 0.520. The van der Waals surface area contributed by atoms with Gasteiger partial charge in [-0.3, -0.25) is 0 Å². The molecule has 0 unspecified atom stereocenters. The van der Waals surface area contributed by atoms with E-state index in [9.17, 15) is 4.79 Å². The third-order valence-electron chi connectivity index (χ3n) is 0.201. The lowest BCUT2D eigenvalue weighted by Gasteiger charge is -1.87. The SMILES string of the molecule is NC(=O)OC[S]. The van der Waals surface area contributed by atoms with Crippen LogP contribution < -0.4 is 5.73 Å². The summed E-state index contributed by atoms with van der Waals surface area (Å²) in [6, 6.07) is 0. The smallest absolute Gasteiger partial charge is 0.405 e. The van der Waals surface area contributed by atoms with Gasteiger partial charge >= 0.3 is 6.09 Å². The molecule has 2 N–H and O–H groups in total. The van der Waals surface area contributed by atoms with Crippen LogP contribution in [0.1, 0.15) is 0 Å². The monoisotopic (exact) mass is 106 g/mol. The Bertz CT molecular complexity index is 55.5. The average Bonchev–Trinajstić information content (AvgIpc) is 1.35. The lowest BCUT2D eigenvalue weighted by Crippen LogP contribution is -2.11. The van der Waals surface area contributed by atoms with E-state index in [-0.39, 0.29) is 5.94 Å². The number of amides is 1. The van der Waals surface area contributed by atoms with Gasteiger partial charge < -0.3 is 10.5 Å². The zero-order valence-electron chi connectivity index (χ0n) is 3.01. The number of carbonyl (C=O) groups is 1. The fourth-order valence-corrected chi connectivity index (χ4v) is 0.174. The highest BCUT2D eigenvalue weighted by molar-refractivity contribution is 7.80. The first kappa shape index (κ1) is 5.62. The van der Waals surface area contributed by atoms with Gasteiger partial charge in [0.15, 0.2) is 0 Å². The van der Waals surface area contributed by atoms with Gasteiger partial charge in [0.1, 0.15) is 5.94 Å². The highest BCUT2D eigenvalue weighted by Gasteiger charge is 1.83. The van der Waals surface area contributed by atoms with E-state index in [0.717, 1.165) is 0 Å². The summed E-state index contributed by atoms with van der Waals surface area (Å²) in [6.07, 6.45) is -0.815. The van der Waals surface area contributed by atoms with Crippen LogP contribution >= 0.6 is 12.6 Å². The van der Waals surface area contributed by atoms with E-state index < -0.39 is 6.09 Å². The number of ether oxygens (including phenoxy) is 1. The summed E-state index contributed by atoms with van der Waals surface area (Å²) in [5.41, 5.74) is 4.48. The van der Waals surface area contributed by atoms with E-state index in [0.29, 0.717) is 0 Å². The molecule has 0 aliphatic carbocycles. The molecule has 0 fully saturated rings. The highest BCUT2D eigenvalue weighted by Crippen LogP contribution is 1.73. The highest BCUT2D eigenvalue weighted by atomic mass is 32.1. The summed E-state index contributed by atoms with van der Waals surface area (Å²) in [5, 5.41) is 0. The summed E-state index contributed by atoms with van der Waals surface area (Å²) >= 11 is 4.21. The minimum absolute atomic E-state index is 0.0602. The molecule has 0 aromatic heterocycles. The largest absolute Gasteiger partial charge is 0.438 e. The molecule has 0 bridgehead atoms. The Morgan fingerprint density at radius 3 is 2.50 bits per heavy atom. The van der Waals surface area contributed by atoms with Crippen molar-refractivity contribution in [1.82, 2.24) is 0 Å². The van der Waals surface area contributed by atoms with Crippen LogP contribution in [0.3, 0.4) is 0 Å². The van der Waals surface area contributed by atoms with Gasteiger partial charge in [0.25, 0.3) is 0 Å². The Hall–Kier alpha value is -0.380. The van der Waals surface area contributed by atoms with Crippen molar-refractivity contribution in [2.45, 2.75) is 0 Å². The van der Waals surface area contributed by atoms with E-state index in [1.807, 2.05) is 0 Å². The van der Waals surface area contributed by atoms with Crippen molar-refractivity contribution in [3.8, 4) is 0 Å². The molecule has 0 heterocycles. The molecule has 1 radical (unpaired) electrons. The summed E-state index contributed by atoms with van der Waals surface area (Å²) in [7, 11) is 0. The zero-order chi connectivity index (χ0) is 4.99. The molecule has 0 aromatic carbocycles. The molecule has 3 nitrogen and oxygen atoms in total. The predicted molar refractivity (Wildman–Crippen MR) is 23.1 cm³/mol. The molecular formula is C2H4NO2S. The number of nitrogens with two attached hydrogens (primary N) is 1. The Kier molecular flexibility index (Phi) is 2.66. The van der Waals surface area contributed by atoms with Gasteiger partial charge in [-0.05, 0) is 12.6 Å². The van der Waals surface area contributed by atoms with Gasteiger partial charge in [0.05, 0.1) is 0 Å². The van der Waals surface area contributed by atoms with Crippen molar-refractivity contribution in [2.75, 3.05) is 5.94 Å². The first-order valence-electron chi connectivity index (χ1n) is 1.27. The number of carbonyl (C=O) groups excluding carboxylic acids is 1. The first-order valence-corrected chi connectivity index (χ1v) is 1.85. The number of hydrogen-bond donors (Lipinski definition) is 1. The number of rotatable bonds is 1. The molecule has 35 valence electrons. The molecule has 0 aromatic rings. The topological polar surface area (TPSA) is 52.3 Å². The Morgan fingerprint density at radius 1 is 2.00 bits per heavy atom. The number of hydrogen-bond acceptors (Lipinski definition) is 2. The van der Waals surface area contributed by atoms with E-state index in [1.165, 1.54) is 0 Å². The van der Waals surface area contributed by atoms with Crippen LogP contribution in [0, 0.1) is 0 Å². The standard InChI is InChI=1S/C2H4NO2S/c3-2(4)5-1-6/h1H2,(H2,3,4). The second kappa shape index (κ2) is 2.84. The Labute approximate surface area is 40.9 Å². The van der Waals surface area contributed by atoms with Crippen molar-refractivity contribution < 1.29 is 9.53 Å². The second-order valence-electron chi connectivity index (χ2n) is 0.581. The summed E-state index contributed by atoms with van der Waals surface area (Å²) < 4.78 is 4.00. The van der Waals surface area contributed by atoms with Crippen LogP contribution in [0.25, 0.3) is 0 Å². The summed E-state index contributed by atoms with van der Waals surface area (Å²) in [6.45, 7) is 0. The minimum Gasteiger partial charge on any atom is -0.438 e. The fourth-order valence-electron chi connectivity index (χ4n) is 0.0581. The lowest BCUT2D eigenvalue weighted by atomic mass is 11.2. The van der Waals surface area contributed by atoms with Crippen LogP contribution in [0.4, 0.5) is 4.79 Å². The molecule has 0 spiro atoms. The van der Waals surface area contributed by atoms with E-state index in [1.54, 1.807) is 0 Å². The van der Waals surface area contributed by atoms with Crippen molar-refractivity contribution in [3.05, 3.63) is 0 Å². The molecule has 0 aliphatic rings.